The number of halogens is 1. The average Bonchev–Trinajstić information content (AvgIpc) is 2.94. The number of methoxy groups -OCH3 is 1. The molecule has 2 N–H and O–H groups in total. The molecule has 0 radical (unpaired) electrons. The number of nitrogens with one attached hydrogen (secondary N) is 2. The SMILES string of the molecule is CCN[C@H](C)CNC(=O)C1CC(=O)N(c2ccccc2OC)C1.Cl. The number of para-hydroxylation sites is 2. The number of carbonyl (C=O) groups excluding carboxylic acids is 2. The van der Waals surface area contributed by atoms with Crippen LogP contribution in [0.5, 0.6) is 5.75 Å². The maximum absolute atomic E-state index is 12.3. The fourth-order valence-corrected chi connectivity index (χ4v) is 2.79. The second-order valence-electron chi connectivity index (χ2n) is 5.78. The normalized spacial score (nSPS) is 18.0. The lowest BCUT2D eigenvalue weighted by Gasteiger charge is -2.19. The summed E-state index contributed by atoms with van der Waals surface area (Å²) in [4.78, 5) is 26.2. The monoisotopic (exact) mass is 355 g/mol. The van der Waals surface area contributed by atoms with Crippen molar-refractivity contribution in [1.82, 2.24) is 10.6 Å². The summed E-state index contributed by atoms with van der Waals surface area (Å²) in [6.07, 6.45) is 0.236. The first kappa shape index (κ1) is 20.3. The topological polar surface area (TPSA) is 70.7 Å². The van der Waals surface area contributed by atoms with Crippen LogP contribution in [0.25, 0.3) is 0 Å². The van der Waals surface area contributed by atoms with Crippen LogP contribution in [0.4, 0.5) is 5.69 Å². The third kappa shape index (κ3) is 4.85. The Labute approximate surface area is 149 Å². The largest absolute Gasteiger partial charge is 0.495 e. The number of hydrogen-bond donors (Lipinski definition) is 2. The van der Waals surface area contributed by atoms with Gasteiger partial charge in [0, 0.05) is 25.6 Å². The van der Waals surface area contributed by atoms with Gasteiger partial charge < -0.3 is 20.3 Å². The second kappa shape index (κ2) is 9.49. The van der Waals surface area contributed by atoms with Crippen LogP contribution < -0.4 is 20.3 Å². The highest BCUT2D eigenvalue weighted by Gasteiger charge is 2.36. The summed E-state index contributed by atoms with van der Waals surface area (Å²) in [6, 6.07) is 7.58. The zero-order valence-corrected chi connectivity index (χ0v) is 15.2. The Balaban J connectivity index is 0.00000288. The molecule has 1 aliphatic heterocycles. The van der Waals surface area contributed by atoms with E-state index < -0.39 is 0 Å². The molecule has 0 bridgehead atoms. The van der Waals surface area contributed by atoms with Crippen molar-refractivity contribution in [3.8, 4) is 5.75 Å². The minimum atomic E-state index is -0.318. The van der Waals surface area contributed by atoms with Crippen molar-refractivity contribution in [2.75, 3.05) is 31.6 Å². The van der Waals surface area contributed by atoms with Crippen molar-refractivity contribution in [3.05, 3.63) is 24.3 Å². The zero-order valence-electron chi connectivity index (χ0n) is 14.4. The summed E-state index contributed by atoms with van der Waals surface area (Å²) >= 11 is 0. The third-order valence-electron chi connectivity index (χ3n) is 4.01. The summed E-state index contributed by atoms with van der Waals surface area (Å²) in [5.41, 5.74) is 0.719. The maximum atomic E-state index is 12.3. The fourth-order valence-electron chi connectivity index (χ4n) is 2.79. The van der Waals surface area contributed by atoms with E-state index in [0.717, 1.165) is 12.2 Å². The molecular formula is C17H26ClN3O3. The van der Waals surface area contributed by atoms with Crippen molar-refractivity contribution in [2.45, 2.75) is 26.3 Å². The van der Waals surface area contributed by atoms with Gasteiger partial charge in [0.2, 0.25) is 11.8 Å². The number of rotatable bonds is 7. The van der Waals surface area contributed by atoms with Gasteiger partial charge in [-0.25, -0.2) is 0 Å². The molecule has 7 heteroatoms. The molecule has 24 heavy (non-hydrogen) atoms. The van der Waals surface area contributed by atoms with Gasteiger partial charge in [-0.3, -0.25) is 9.59 Å². The first-order valence-corrected chi connectivity index (χ1v) is 8.01. The lowest BCUT2D eigenvalue weighted by atomic mass is 10.1. The van der Waals surface area contributed by atoms with E-state index in [1.165, 1.54) is 0 Å². The fraction of sp³-hybridized carbons (Fsp3) is 0.529. The third-order valence-corrected chi connectivity index (χ3v) is 4.01. The van der Waals surface area contributed by atoms with Gasteiger partial charge in [-0.15, -0.1) is 12.4 Å². The Bertz CT molecular complexity index is 568. The Morgan fingerprint density at radius 2 is 2.12 bits per heavy atom. The highest BCUT2D eigenvalue weighted by atomic mass is 35.5. The minimum Gasteiger partial charge on any atom is -0.495 e. The molecule has 2 amide bonds. The van der Waals surface area contributed by atoms with Crippen molar-refractivity contribution in [3.63, 3.8) is 0 Å². The zero-order chi connectivity index (χ0) is 16.8. The molecule has 134 valence electrons. The van der Waals surface area contributed by atoms with E-state index in [2.05, 4.69) is 10.6 Å². The Morgan fingerprint density at radius 3 is 2.79 bits per heavy atom. The highest BCUT2D eigenvalue weighted by Crippen LogP contribution is 2.32. The molecule has 1 aromatic carbocycles. The Kier molecular flexibility index (Phi) is 8.01. The van der Waals surface area contributed by atoms with Gasteiger partial charge in [0.25, 0.3) is 0 Å². The van der Waals surface area contributed by atoms with Crippen LogP contribution in [0.15, 0.2) is 24.3 Å². The average molecular weight is 356 g/mol. The molecule has 1 fully saturated rings. The molecule has 1 heterocycles. The van der Waals surface area contributed by atoms with E-state index in [1.807, 2.05) is 38.1 Å². The van der Waals surface area contributed by atoms with Crippen LogP contribution in [0.3, 0.4) is 0 Å². The van der Waals surface area contributed by atoms with E-state index in [9.17, 15) is 9.59 Å². The molecule has 6 nitrogen and oxygen atoms in total. The quantitative estimate of drug-likeness (QED) is 0.779. The van der Waals surface area contributed by atoms with Crippen molar-refractivity contribution < 1.29 is 14.3 Å². The number of benzene rings is 1. The number of carbonyl (C=O) groups is 2. The second-order valence-corrected chi connectivity index (χ2v) is 5.78. The van der Waals surface area contributed by atoms with E-state index >= 15 is 0 Å². The van der Waals surface area contributed by atoms with Crippen LogP contribution in [0.2, 0.25) is 0 Å². The van der Waals surface area contributed by atoms with Crippen LogP contribution >= 0.6 is 12.4 Å². The maximum Gasteiger partial charge on any atom is 0.227 e. The molecule has 0 saturated carbocycles. The number of amides is 2. The van der Waals surface area contributed by atoms with E-state index in [-0.39, 0.29) is 42.6 Å². The van der Waals surface area contributed by atoms with Gasteiger partial charge in [-0.2, -0.15) is 0 Å². The minimum absolute atomic E-state index is 0. The van der Waals surface area contributed by atoms with Gasteiger partial charge in [0.1, 0.15) is 5.75 Å². The molecule has 0 aromatic heterocycles. The van der Waals surface area contributed by atoms with E-state index in [4.69, 9.17) is 4.74 Å². The smallest absolute Gasteiger partial charge is 0.227 e. The molecule has 1 aromatic rings. The molecule has 0 aliphatic carbocycles. The molecule has 1 aliphatic rings. The molecule has 0 spiro atoms. The standard InChI is InChI=1S/C17H25N3O3.ClH/c1-4-18-12(2)10-19-17(22)13-9-16(21)20(11-13)14-7-5-6-8-15(14)23-3;/h5-8,12-13,18H,4,9-11H2,1-3H3,(H,19,22);1H/t12-,13?;/m1./s1. The van der Waals surface area contributed by atoms with Crippen LogP contribution in [-0.2, 0) is 9.59 Å². The number of likely N-dealkylation sites (N-methyl/N-ethyl adjacent to an activating group) is 1. The first-order chi connectivity index (χ1) is 11.1. The molecule has 2 rings (SSSR count). The number of anilines is 1. The summed E-state index contributed by atoms with van der Waals surface area (Å²) in [5.74, 6) is 0.207. The summed E-state index contributed by atoms with van der Waals surface area (Å²) in [6.45, 7) is 5.86. The summed E-state index contributed by atoms with van der Waals surface area (Å²) in [7, 11) is 1.58. The van der Waals surface area contributed by atoms with Crippen LogP contribution in [0.1, 0.15) is 20.3 Å². The van der Waals surface area contributed by atoms with Crippen LogP contribution in [-0.4, -0.2) is 44.6 Å². The van der Waals surface area contributed by atoms with Crippen molar-refractivity contribution in [1.29, 1.82) is 0 Å². The van der Waals surface area contributed by atoms with Gasteiger partial charge >= 0.3 is 0 Å². The number of ether oxygens (including phenoxy) is 1. The molecule has 1 unspecified atom stereocenters. The van der Waals surface area contributed by atoms with Crippen LogP contribution in [0, 0.1) is 5.92 Å². The van der Waals surface area contributed by atoms with Gasteiger partial charge in [0.15, 0.2) is 0 Å². The molecular weight excluding hydrogens is 330 g/mol. The highest BCUT2D eigenvalue weighted by molar-refractivity contribution is 6.01. The van der Waals surface area contributed by atoms with Gasteiger partial charge in [-0.1, -0.05) is 19.1 Å². The van der Waals surface area contributed by atoms with E-state index in [1.54, 1.807) is 12.0 Å². The number of nitrogens with zero attached hydrogens (tertiary/aromatic N) is 1. The summed E-state index contributed by atoms with van der Waals surface area (Å²) in [5, 5.41) is 6.16. The van der Waals surface area contributed by atoms with E-state index in [0.29, 0.717) is 18.8 Å². The molecule has 2 atom stereocenters. The Hall–Kier alpha value is -1.79. The lowest BCUT2D eigenvalue weighted by Crippen LogP contribution is -2.41. The lowest BCUT2D eigenvalue weighted by molar-refractivity contribution is -0.126. The van der Waals surface area contributed by atoms with Crippen molar-refractivity contribution >= 4 is 29.9 Å². The van der Waals surface area contributed by atoms with Gasteiger partial charge in [-0.05, 0) is 25.6 Å². The molecule has 1 saturated heterocycles. The summed E-state index contributed by atoms with van der Waals surface area (Å²) < 4.78 is 5.30. The predicted octanol–water partition coefficient (Wildman–Crippen LogP) is 1.58. The predicted molar refractivity (Wildman–Crippen MR) is 96.9 cm³/mol. The number of hydrogen-bond acceptors (Lipinski definition) is 4. The first-order valence-electron chi connectivity index (χ1n) is 8.01. The van der Waals surface area contributed by atoms with Crippen molar-refractivity contribution in [2.24, 2.45) is 5.92 Å². The van der Waals surface area contributed by atoms with Gasteiger partial charge in [0.05, 0.1) is 18.7 Å². The Morgan fingerprint density at radius 1 is 1.42 bits per heavy atom.